The molecule has 1 aliphatic carbocycles. The lowest BCUT2D eigenvalue weighted by atomic mass is 10.1. The second-order valence-electron chi connectivity index (χ2n) is 14.0. The molecule has 6 rings (SSSR count). The summed E-state index contributed by atoms with van der Waals surface area (Å²) in [6.45, 7) is 7.25. The van der Waals surface area contributed by atoms with Gasteiger partial charge in [-0.3, -0.25) is 19.2 Å². The van der Waals surface area contributed by atoms with Gasteiger partial charge in [0.1, 0.15) is 28.5 Å². The van der Waals surface area contributed by atoms with E-state index in [2.05, 4.69) is 41.2 Å². The van der Waals surface area contributed by atoms with Crippen LogP contribution in [0.25, 0.3) is 44.0 Å². The molecule has 0 spiro atoms. The van der Waals surface area contributed by atoms with Crippen LogP contribution < -0.4 is 36.5 Å². The van der Waals surface area contributed by atoms with Gasteiger partial charge in [0.25, 0.3) is 17.7 Å². The number of fused-ring (bicyclic) bond motifs is 2. The van der Waals surface area contributed by atoms with Gasteiger partial charge in [0.05, 0.1) is 12.6 Å². The van der Waals surface area contributed by atoms with Crippen molar-refractivity contribution in [2.45, 2.75) is 32.9 Å². The Morgan fingerprint density at radius 1 is 0.839 bits per heavy atom. The summed E-state index contributed by atoms with van der Waals surface area (Å²) >= 11 is 0. The smallest absolute Gasteiger partial charge is 0.349 e. The highest BCUT2D eigenvalue weighted by Crippen LogP contribution is 2.28. The third kappa shape index (κ3) is 11.2. The maximum Gasteiger partial charge on any atom is 0.349 e. The minimum absolute atomic E-state index is 0.00823. The van der Waals surface area contributed by atoms with Crippen LogP contribution in [0.3, 0.4) is 0 Å². The van der Waals surface area contributed by atoms with Gasteiger partial charge in [-0.25, -0.2) is 9.78 Å². The van der Waals surface area contributed by atoms with Crippen molar-refractivity contribution < 1.29 is 32.7 Å². The second-order valence-corrected chi connectivity index (χ2v) is 14.0. The number of hydrogen-bond donors (Lipinski definition) is 4. The first-order valence-corrected chi connectivity index (χ1v) is 19.9. The molecule has 318 valence electrons. The molecule has 17 nitrogen and oxygen atoms in total. The molecule has 4 amide bonds. The number of nitrogens with zero attached hydrogens (tertiary/aromatic N) is 5. The maximum atomic E-state index is 13.7. The van der Waals surface area contributed by atoms with Crippen LogP contribution in [0.15, 0.2) is 134 Å². The molecule has 62 heavy (non-hydrogen) atoms. The van der Waals surface area contributed by atoms with Gasteiger partial charge in [-0.2, -0.15) is 0 Å². The monoisotopic (exact) mass is 839 g/mol. The van der Waals surface area contributed by atoms with E-state index in [0.29, 0.717) is 33.4 Å². The molecule has 0 bridgehead atoms. The zero-order chi connectivity index (χ0) is 44.0. The summed E-state index contributed by atoms with van der Waals surface area (Å²) in [5.74, 6) is -1.75. The largest absolute Gasteiger partial charge is 0.493 e. The quantitative estimate of drug-likeness (QED) is 0.0268. The van der Waals surface area contributed by atoms with Gasteiger partial charge in [0, 0.05) is 71.5 Å². The number of nitrogens with one attached hydrogen (secondary N) is 4. The van der Waals surface area contributed by atoms with Crippen molar-refractivity contribution in [1.29, 1.82) is 0 Å². The zero-order valence-electron chi connectivity index (χ0n) is 34.3. The average Bonchev–Trinajstić information content (AvgIpc) is 3.69. The third-order valence-corrected chi connectivity index (χ3v) is 9.62. The topological polar surface area (TPSA) is 234 Å². The first-order valence-electron chi connectivity index (χ1n) is 19.9. The molecule has 2 heterocycles. The molecule has 17 heteroatoms. The van der Waals surface area contributed by atoms with Gasteiger partial charge in [-0.05, 0) is 86.1 Å². The number of amides is 4. The van der Waals surface area contributed by atoms with Crippen molar-refractivity contribution in [1.82, 2.24) is 26.3 Å². The van der Waals surface area contributed by atoms with E-state index in [9.17, 15) is 24.0 Å². The highest BCUT2D eigenvalue weighted by atomic mass is 16.5. The Bertz CT molecular complexity index is 2700. The highest BCUT2D eigenvalue weighted by molar-refractivity contribution is 6.01. The van der Waals surface area contributed by atoms with Gasteiger partial charge in [-0.15, -0.1) is 0 Å². The van der Waals surface area contributed by atoms with E-state index in [0.717, 1.165) is 18.8 Å². The predicted octanol–water partition coefficient (Wildman–Crippen LogP) is 5.89. The number of carbonyl (C=O) groups excluding carboxylic acids is 4. The van der Waals surface area contributed by atoms with Crippen LogP contribution in [0.4, 0.5) is 5.69 Å². The van der Waals surface area contributed by atoms with Crippen molar-refractivity contribution in [3.05, 3.63) is 147 Å². The number of anilines is 1. The van der Waals surface area contributed by atoms with Crippen LogP contribution in [0.1, 0.15) is 41.5 Å². The van der Waals surface area contributed by atoms with Crippen LogP contribution in [-0.4, -0.2) is 80.0 Å². The van der Waals surface area contributed by atoms with E-state index in [1.807, 2.05) is 38.1 Å². The number of azide groups is 1. The minimum atomic E-state index is -1.25. The standard InChI is InChI=1S/C45H45N9O8/c1-4-54(5-2)33-18-16-30-23-35(45(59)62-39(30)25-33)44-51-36-24-32(17-19-38(36)61-44)42(57)50-37(26-49-40(55)29-12-9-7-6-8-10-13-29)43(58)48-21-20-47-41(56)31-14-11-15-34(22-31)60-27-28(3)52-53-46/h6-19,22-25,28,37H,4-5,20-21,26-27H2,1-3H3,(H,47,56)(H,48,58)(H,49,55)(H,50,57)/b7-6-,8-6?,9-7?,10-8-,12-9?,13-10?,29-12?,29-13?. The number of benzene rings is 3. The fourth-order valence-corrected chi connectivity index (χ4v) is 6.34. The Labute approximate surface area is 355 Å². The number of oxazole rings is 1. The van der Waals surface area contributed by atoms with Crippen molar-refractivity contribution in [3.8, 4) is 17.2 Å². The summed E-state index contributed by atoms with van der Waals surface area (Å²) in [6.07, 6.45) is 12.0. The molecule has 0 saturated heterocycles. The summed E-state index contributed by atoms with van der Waals surface area (Å²) in [6, 6.07) is 16.6. The van der Waals surface area contributed by atoms with Crippen LogP contribution in [-0.2, 0) is 9.59 Å². The van der Waals surface area contributed by atoms with Crippen LogP contribution in [0, 0.1) is 0 Å². The molecule has 0 aliphatic heterocycles. The Kier molecular flexibility index (Phi) is 14.7. The average molecular weight is 840 g/mol. The van der Waals surface area contributed by atoms with E-state index in [4.69, 9.17) is 19.1 Å². The molecule has 5 aromatic rings. The number of rotatable bonds is 18. The summed E-state index contributed by atoms with van der Waals surface area (Å²) in [4.78, 5) is 75.8. The molecule has 2 atom stereocenters. The lowest BCUT2D eigenvalue weighted by Crippen LogP contribution is -2.53. The first-order chi connectivity index (χ1) is 30.1. The zero-order valence-corrected chi connectivity index (χ0v) is 34.3. The molecule has 2 aromatic heterocycles. The highest BCUT2D eigenvalue weighted by Gasteiger charge is 2.24. The van der Waals surface area contributed by atoms with Crippen LogP contribution >= 0.6 is 0 Å². The SMILES string of the molecule is CCN(CC)c1ccc2cc(-c3nc4cc(C(=O)NC(CNC(=O)C5=C/C=C\C=C/C=C5)C(=O)NCCNC(=O)c5cccc(OCC(C)N=[N+]=[N-])c5)ccc4o3)c(=O)oc2c1. The van der Waals surface area contributed by atoms with Gasteiger partial charge in [-0.1, -0.05) is 48.5 Å². The van der Waals surface area contributed by atoms with E-state index in [1.165, 1.54) is 24.3 Å². The minimum Gasteiger partial charge on any atom is -0.493 e. The molecule has 3 aromatic carbocycles. The van der Waals surface area contributed by atoms with Gasteiger partial charge in [0.15, 0.2) is 5.58 Å². The van der Waals surface area contributed by atoms with Crippen molar-refractivity contribution in [3.63, 3.8) is 0 Å². The van der Waals surface area contributed by atoms with Crippen molar-refractivity contribution >= 4 is 51.4 Å². The summed E-state index contributed by atoms with van der Waals surface area (Å²) in [7, 11) is 0. The van der Waals surface area contributed by atoms with E-state index in [-0.39, 0.29) is 48.8 Å². The van der Waals surface area contributed by atoms with Gasteiger partial charge in [0.2, 0.25) is 11.8 Å². The molecule has 0 fully saturated rings. The number of allylic oxidation sites excluding steroid dienone is 6. The fourth-order valence-electron chi connectivity index (χ4n) is 6.34. The summed E-state index contributed by atoms with van der Waals surface area (Å²) in [5, 5.41) is 15.1. The predicted molar refractivity (Wildman–Crippen MR) is 235 cm³/mol. The fraction of sp³-hybridized carbons (Fsp3) is 0.244. The lowest BCUT2D eigenvalue weighted by Gasteiger charge is -2.20. The molecule has 0 radical (unpaired) electrons. The van der Waals surface area contributed by atoms with Gasteiger partial charge < -0.3 is 39.7 Å². The summed E-state index contributed by atoms with van der Waals surface area (Å²) in [5.41, 5.74) is 10.8. The molecule has 0 saturated carbocycles. The first kappa shape index (κ1) is 43.7. The third-order valence-electron chi connectivity index (χ3n) is 9.62. The van der Waals surface area contributed by atoms with Gasteiger partial charge >= 0.3 is 5.63 Å². The van der Waals surface area contributed by atoms with Crippen molar-refractivity contribution in [2.75, 3.05) is 44.2 Å². The molecular weight excluding hydrogens is 795 g/mol. The maximum absolute atomic E-state index is 13.7. The Balaban J connectivity index is 1.13. The van der Waals surface area contributed by atoms with Crippen molar-refractivity contribution in [2.24, 2.45) is 5.11 Å². The van der Waals surface area contributed by atoms with E-state index >= 15 is 0 Å². The Morgan fingerprint density at radius 2 is 1.61 bits per heavy atom. The molecule has 1 aliphatic rings. The second kappa shape index (κ2) is 20.9. The summed E-state index contributed by atoms with van der Waals surface area (Å²) < 4.78 is 17.2. The normalized spacial score (nSPS) is 14.0. The van der Waals surface area contributed by atoms with E-state index < -0.39 is 41.3 Å². The Morgan fingerprint density at radius 3 is 2.42 bits per heavy atom. The lowest BCUT2D eigenvalue weighted by molar-refractivity contribution is -0.123. The molecule has 4 N–H and O–H groups in total. The molecular formula is C45H45N9O8. The number of aromatic nitrogens is 1. The number of ether oxygens (including phenoxy) is 1. The number of carbonyl (C=O) groups is 4. The molecule has 2 unspecified atom stereocenters. The number of hydrogen-bond acceptors (Lipinski definition) is 11. The van der Waals surface area contributed by atoms with Crippen LogP contribution in [0.2, 0.25) is 0 Å². The van der Waals surface area contributed by atoms with Crippen LogP contribution in [0.5, 0.6) is 5.75 Å². The Hall–Kier alpha value is -7.91. The van der Waals surface area contributed by atoms with E-state index in [1.54, 1.807) is 67.6 Å².